The number of nitrogens with zero attached hydrogens (tertiary/aromatic N) is 1. The van der Waals surface area contributed by atoms with Gasteiger partial charge in [-0.15, -0.1) is 0 Å². The largest absolute Gasteiger partial charge is 0.440 e. The summed E-state index contributed by atoms with van der Waals surface area (Å²) in [4.78, 5) is 14.2. The van der Waals surface area contributed by atoms with Crippen molar-refractivity contribution >= 4 is 27.6 Å². The van der Waals surface area contributed by atoms with Gasteiger partial charge in [0.05, 0.1) is 5.39 Å². The summed E-state index contributed by atoms with van der Waals surface area (Å²) in [5.74, 6) is 0.575. The van der Waals surface area contributed by atoms with Crippen LogP contribution in [-0.2, 0) is 0 Å². The molecule has 0 aliphatic carbocycles. The lowest BCUT2D eigenvalue weighted by atomic mass is 10.00. The van der Waals surface area contributed by atoms with E-state index in [0.29, 0.717) is 16.9 Å². The molecule has 0 amide bonds. The van der Waals surface area contributed by atoms with Gasteiger partial charge < -0.3 is 9.32 Å². The highest BCUT2D eigenvalue weighted by Crippen LogP contribution is 2.27. The van der Waals surface area contributed by atoms with Crippen molar-refractivity contribution in [2.45, 2.75) is 13.8 Å². The summed E-state index contributed by atoms with van der Waals surface area (Å²) < 4.78 is 5.81. The quantitative estimate of drug-likeness (QED) is 0.631. The average Bonchev–Trinajstić information content (AvgIpc) is 2.39. The highest BCUT2D eigenvalue weighted by Gasteiger charge is 2.10. The van der Waals surface area contributed by atoms with Crippen LogP contribution >= 0.6 is 0 Å². The van der Waals surface area contributed by atoms with Gasteiger partial charge in [0.15, 0.2) is 11.3 Å². The molecule has 0 spiro atoms. The molecule has 0 saturated carbocycles. The third kappa shape index (κ3) is 1.86. The monoisotopic (exact) mass is 267 g/mol. The van der Waals surface area contributed by atoms with Crippen LogP contribution in [0.2, 0.25) is 0 Å². The maximum atomic E-state index is 12.4. The van der Waals surface area contributed by atoms with Crippen molar-refractivity contribution in [3.8, 4) is 0 Å². The van der Waals surface area contributed by atoms with Crippen molar-refractivity contribution in [2.75, 3.05) is 19.0 Å². The zero-order chi connectivity index (χ0) is 14.4. The molecular weight excluding hydrogens is 250 g/mol. The lowest BCUT2D eigenvalue weighted by Crippen LogP contribution is -2.12. The van der Waals surface area contributed by atoms with Gasteiger partial charge in [-0.2, -0.15) is 0 Å². The first-order valence-corrected chi connectivity index (χ1v) is 6.62. The van der Waals surface area contributed by atoms with Crippen LogP contribution in [0.5, 0.6) is 0 Å². The van der Waals surface area contributed by atoms with E-state index in [1.54, 1.807) is 11.0 Å². The molecule has 0 radical (unpaired) electrons. The van der Waals surface area contributed by atoms with Gasteiger partial charge >= 0.3 is 0 Å². The molecule has 20 heavy (non-hydrogen) atoms. The fourth-order valence-corrected chi connectivity index (χ4v) is 2.46. The molecule has 0 atom stereocenters. The summed E-state index contributed by atoms with van der Waals surface area (Å²) >= 11 is 0. The van der Waals surface area contributed by atoms with Crippen molar-refractivity contribution in [2.24, 2.45) is 0 Å². The number of hydrogen-bond donors (Lipinski definition) is 0. The number of rotatable bonds is 1. The fourth-order valence-electron chi connectivity index (χ4n) is 2.46. The Kier molecular flexibility index (Phi) is 2.78. The second kappa shape index (κ2) is 4.37. The smallest absolute Gasteiger partial charge is 0.199 e. The van der Waals surface area contributed by atoms with Crippen LogP contribution in [0.25, 0.3) is 21.7 Å². The molecule has 1 heterocycles. The van der Waals surface area contributed by atoms with Crippen LogP contribution in [0.15, 0.2) is 39.5 Å². The highest BCUT2D eigenvalue weighted by molar-refractivity contribution is 6.06. The molecule has 0 N–H and O–H groups in total. The van der Waals surface area contributed by atoms with E-state index in [1.807, 2.05) is 26.2 Å². The lowest BCUT2D eigenvalue weighted by molar-refractivity contribution is 0.598. The minimum absolute atomic E-state index is 0.00352. The molecule has 0 aliphatic heterocycles. The molecular formula is C17H17NO2. The van der Waals surface area contributed by atoms with Gasteiger partial charge in [0.2, 0.25) is 0 Å². The summed E-state index contributed by atoms with van der Waals surface area (Å²) in [7, 11) is 3.72. The zero-order valence-corrected chi connectivity index (χ0v) is 12.2. The molecule has 0 fully saturated rings. The van der Waals surface area contributed by atoms with Crippen LogP contribution in [0.4, 0.5) is 5.88 Å². The number of anilines is 1. The SMILES string of the molecule is Cc1cc2ccc3oc(N(C)C)cc(=O)c3c2cc1C. The summed E-state index contributed by atoms with van der Waals surface area (Å²) in [6.45, 7) is 4.14. The van der Waals surface area contributed by atoms with Gasteiger partial charge in [-0.1, -0.05) is 18.2 Å². The minimum atomic E-state index is 0.00352. The maximum absolute atomic E-state index is 12.4. The molecule has 0 saturated heterocycles. The first-order valence-electron chi connectivity index (χ1n) is 6.62. The summed E-state index contributed by atoms with van der Waals surface area (Å²) in [5.41, 5.74) is 3.05. The van der Waals surface area contributed by atoms with Crippen LogP contribution in [0, 0.1) is 13.8 Å². The summed E-state index contributed by atoms with van der Waals surface area (Å²) in [6, 6.07) is 9.62. The zero-order valence-electron chi connectivity index (χ0n) is 12.2. The second-order valence-electron chi connectivity index (χ2n) is 5.44. The van der Waals surface area contributed by atoms with Crippen molar-refractivity contribution in [1.29, 1.82) is 0 Å². The lowest BCUT2D eigenvalue weighted by Gasteiger charge is -2.12. The predicted molar refractivity (Wildman–Crippen MR) is 83.8 cm³/mol. The molecule has 3 nitrogen and oxygen atoms in total. The van der Waals surface area contributed by atoms with Crippen LogP contribution in [-0.4, -0.2) is 14.1 Å². The number of aryl methyl sites for hydroxylation is 2. The third-order valence-corrected chi connectivity index (χ3v) is 3.75. The van der Waals surface area contributed by atoms with Crippen molar-refractivity contribution in [1.82, 2.24) is 0 Å². The standard InChI is InChI=1S/C17H17NO2/c1-10-7-12-5-6-15-17(13(12)8-11(10)2)14(19)9-16(20-15)18(3)4/h5-9H,1-4H3. The Labute approximate surface area is 117 Å². The highest BCUT2D eigenvalue weighted by atomic mass is 16.4. The van der Waals surface area contributed by atoms with E-state index in [9.17, 15) is 4.79 Å². The molecule has 0 bridgehead atoms. The van der Waals surface area contributed by atoms with Crippen LogP contribution < -0.4 is 10.3 Å². The fraction of sp³-hybridized carbons (Fsp3) is 0.235. The van der Waals surface area contributed by atoms with Crippen molar-refractivity contribution < 1.29 is 4.42 Å². The van der Waals surface area contributed by atoms with E-state index in [-0.39, 0.29) is 5.43 Å². The van der Waals surface area contributed by atoms with E-state index in [0.717, 1.165) is 10.8 Å². The minimum Gasteiger partial charge on any atom is -0.440 e. The molecule has 0 aliphatic rings. The average molecular weight is 267 g/mol. The number of fused-ring (bicyclic) bond motifs is 3. The molecule has 3 aromatic rings. The molecule has 2 aromatic carbocycles. The number of hydrogen-bond acceptors (Lipinski definition) is 3. The Hall–Kier alpha value is -2.29. The van der Waals surface area contributed by atoms with Gasteiger partial charge in [0.1, 0.15) is 5.58 Å². The van der Waals surface area contributed by atoms with Crippen LogP contribution in [0.3, 0.4) is 0 Å². The molecule has 0 unspecified atom stereocenters. The topological polar surface area (TPSA) is 33.5 Å². The van der Waals surface area contributed by atoms with Gasteiger partial charge in [-0.3, -0.25) is 4.79 Å². The summed E-state index contributed by atoms with van der Waals surface area (Å²) in [6.07, 6.45) is 0. The van der Waals surface area contributed by atoms with E-state index in [1.165, 1.54) is 11.1 Å². The van der Waals surface area contributed by atoms with Gasteiger partial charge in [0, 0.05) is 20.2 Å². The normalized spacial score (nSPS) is 11.2. The van der Waals surface area contributed by atoms with E-state index in [2.05, 4.69) is 26.0 Å². The van der Waals surface area contributed by atoms with Gasteiger partial charge in [-0.25, -0.2) is 0 Å². The molecule has 102 valence electrons. The van der Waals surface area contributed by atoms with Crippen molar-refractivity contribution in [3.05, 3.63) is 51.7 Å². The predicted octanol–water partition coefficient (Wildman–Crippen LogP) is 3.63. The second-order valence-corrected chi connectivity index (χ2v) is 5.44. The van der Waals surface area contributed by atoms with Crippen LogP contribution in [0.1, 0.15) is 11.1 Å². The number of benzene rings is 2. The Morgan fingerprint density at radius 2 is 1.70 bits per heavy atom. The maximum Gasteiger partial charge on any atom is 0.199 e. The molecule has 3 heteroatoms. The van der Waals surface area contributed by atoms with E-state index < -0.39 is 0 Å². The Morgan fingerprint density at radius 1 is 1.00 bits per heavy atom. The van der Waals surface area contributed by atoms with E-state index >= 15 is 0 Å². The Balaban J connectivity index is 2.48. The molecule has 1 aromatic heterocycles. The Bertz CT molecular complexity index is 875. The van der Waals surface area contributed by atoms with Gasteiger partial charge in [-0.05, 0) is 41.8 Å². The third-order valence-electron chi connectivity index (χ3n) is 3.75. The molecule has 3 rings (SSSR count). The first-order chi connectivity index (χ1) is 9.47. The van der Waals surface area contributed by atoms with Gasteiger partial charge in [0.25, 0.3) is 0 Å². The summed E-state index contributed by atoms with van der Waals surface area (Å²) in [5, 5.41) is 2.70. The van der Waals surface area contributed by atoms with E-state index in [4.69, 9.17) is 4.42 Å². The Morgan fingerprint density at radius 3 is 2.40 bits per heavy atom. The first kappa shape index (κ1) is 12.7. The van der Waals surface area contributed by atoms with Crippen molar-refractivity contribution in [3.63, 3.8) is 0 Å².